The van der Waals surface area contributed by atoms with Gasteiger partial charge < -0.3 is 10.1 Å². The van der Waals surface area contributed by atoms with Crippen LogP contribution in [0.15, 0.2) is 30.3 Å². The van der Waals surface area contributed by atoms with Crippen LogP contribution in [-0.2, 0) is 11.3 Å². The van der Waals surface area contributed by atoms with Crippen molar-refractivity contribution in [1.29, 1.82) is 0 Å². The van der Waals surface area contributed by atoms with Gasteiger partial charge in [-0.1, -0.05) is 30.3 Å². The smallest absolute Gasteiger partial charge is 0.0469 e. The molecule has 1 N–H and O–H groups in total. The number of ether oxygens (including phenoxy) is 1. The maximum atomic E-state index is 5.48. The van der Waals surface area contributed by atoms with E-state index in [0.29, 0.717) is 12.1 Å². The molecule has 2 heterocycles. The molecule has 0 amide bonds. The second kappa shape index (κ2) is 8.27. The van der Waals surface area contributed by atoms with Crippen LogP contribution in [0, 0.1) is 11.8 Å². The van der Waals surface area contributed by atoms with Gasteiger partial charge in [-0.15, -0.1) is 0 Å². The largest absolute Gasteiger partial charge is 0.381 e. The molecule has 0 aliphatic carbocycles. The highest BCUT2D eigenvalue weighted by molar-refractivity contribution is 5.14. The minimum atomic E-state index is 0.623. The van der Waals surface area contributed by atoms with Crippen LogP contribution < -0.4 is 5.32 Å². The normalized spacial score (nSPS) is 28.1. The first-order valence-electron chi connectivity index (χ1n) is 9.31. The summed E-state index contributed by atoms with van der Waals surface area (Å²) in [4.78, 5) is 2.64. The summed E-state index contributed by atoms with van der Waals surface area (Å²) in [6.07, 6.45) is 3.76. The lowest BCUT2D eigenvalue weighted by Gasteiger charge is -2.29. The number of nitrogens with one attached hydrogen (secondary N) is 1. The molecule has 128 valence electrons. The number of likely N-dealkylation sites (tertiary alicyclic amines) is 1. The Morgan fingerprint density at radius 2 is 1.96 bits per heavy atom. The van der Waals surface area contributed by atoms with E-state index in [0.717, 1.165) is 38.1 Å². The molecule has 0 radical (unpaired) electrons. The Labute approximate surface area is 141 Å². The number of hydrogen-bond donors (Lipinski definition) is 1. The molecule has 2 saturated heterocycles. The molecule has 3 heteroatoms. The summed E-state index contributed by atoms with van der Waals surface area (Å²) in [5.41, 5.74) is 1.43. The zero-order valence-corrected chi connectivity index (χ0v) is 14.7. The molecular weight excluding hydrogens is 284 g/mol. The maximum Gasteiger partial charge on any atom is 0.0469 e. The van der Waals surface area contributed by atoms with E-state index in [1.807, 2.05) is 0 Å². The van der Waals surface area contributed by atoms with Crippen LogP contribution in [-0.4, -0.2) is 43.3 Å². The topological polar surface area (TPSA) is 24.5 Å². The zero-order chi connectivity index (χ0) is 16.1. The van der Waals surface area contributed by atoms with Crippen LogP contribution in [0.3, 0.4) is 0 Å². The zero-order valence-electron chi connectivity index (χ0n) is 14.7. The van der Waals surface area contributed by atoms with Crippen LogP contribution in [0.25, 0.3) is 0 Å². The highest BCUT2D eigenvalue weighted by Crippen LogP contribution is 2.25. The van der Waals surface area contributed by atoms with Gasteiger partial charge in [0.15, 0.2) is 0 Å². The molecule has 0 bridgehead atoms. The van der Waals surface area contributed by atoms with Crippen molar-refractivity contribution in [2.45, 2.75) is 51.7 Å². The number of hydrogen-bond acceptors (Lipinski definition) is 3. The molecule has 3 unspecified atom stereocenters. The third-order valence-electron chi connectivity index (χ3n) is 5.72. The molecule has 2 aliphatic rings. The van der Waals surface area contributed by atoms with E-state index in [1.165, 1.54) is 31.4 Å². The SMILES string of the molecule is CC(NCC1CC(C)N(Cc2ccccc2)C1)C1CCOCC1. The van der Waals surface area contributed by atoms with Crippen molar-refractivity contribution >= 4 is 0 Å². The molecule has 1 aromatic carbocycles. The molecule has 2 aliphatic heterocycles. The molecule has 3 atom stereocenters. The van der Waals surface area contributed by atoms with Gasteiger partial charge in [-0.3, -0.25) is 4.90 Å². The van der Waals surface area contributed by atoms with Gasteiger partial charge in [-0.25, -0.2) is 0 Å². The van der Waals surface area contributed by atoms with Crippen molar-refractivity contribution in [2.24, 2.45) is 11.8 Å². The molecule has 2 fully saturated rings. The van der Waals surface area contributed by atoms with E-state index in [1.54, 1.807) is 0 Å². The van der Waals surface area contributed by atoms with E-state index < -0.39 is 0 Å². The van der Waals surface area contributed by atoms with Crippen LogP contribution in [0.5, 0.6) is 0 Å². The molecule has 0 saturated carbocycles. The summed E-state index contributed by atoms with van der Waals surface area (Å²) < 4.78 is 5.48. The average molecular weight is 316 g/mol. The van der Waals surface area contributed by atoms with E-state index in [2.05, 4.69) is 54.4 Å². The number of rotatable bonds is 6. The van der Waals surface area contributed by atoms with Gasteiger partial charge in [0, 0.05) is 38.4 Å². The van der Waals surface area contributed by atoms with Crippen molar-refractivity contribution < 1.29 is 4.74 Å². The van der Waals surface area contributed by atoms with Gasteiger partial charge in [0.1, 0.15) is 0 Å². The van der Waals surface area contributed by atoms with Crippen molar-refractivity contribution in [2.75, 3.05) is 26.3 Å². The van der Waals surface area contributed by atoms with Crippen LogP contribution in [0.2, 0.25) is 0 Å². The Morgan fingerprint density at radius 3 is 2.70 bits per heavy atom. The lowest BCUT2D eigenvalue weighted by Crippen LogP contribution is -2.39. The van der Waals surface area contributed by atoms with Gasteiger partial charge in [0.05, 0.1) is 0 Å². The summed E-state index contributed by atoms with van der Waals surface area (Å²) in [6, 6.07) is 12.2. The first-order valence-corrected chi connectivity index (χ1v) is 9.31. The monoisotopic (exact) mass is 316 g/mol. The standard InChI is InChI=1S/C20H32N2O/c1-16-12-19(13-21-17(2)20-8-10-23-11-9-20)15-22(16)14-18-6-4-3-5-7-18/h3-7,16-17,19-21H,8-15H2,1-2H3. The molecule has 3 rings (SSSR count). The molecule has 0 spiro atoms. The summed E-state index contributed by atoms with van der Waals surface area (Å²) in [5.74, 6) is 1.58. The van der Waals surface area contributed by atoms with Crippen LogP contribution in [0.4, 0.5) is 0 Å². The van der Waals surface area contributed by atoms with Crippen LogP contribution in [0.1, 0.15) is 38.7 Å². The minimum absolute atomic E-state index is 0.623. The first kappa shape index (κ1) is 16.9. The van der Waals surface area contributed by atoms with Crippen molar-refractivity contribution in [1.82, 2.24) is 10.2 Å². The van der Waals surface area contributed by atoms with Gasteiger partial charge in [-0.2, -0.15) is 0 Å². The molecule has 0 aromatic heterocycles. The summed E-state index contributed by atoms with van der Waals surface area (Å²) in [6.45, 7) is 10.1. The molecule has 1 aromatic rings. The molecular formula is C20H32N2O. The van der Waals surface area contributed by atoms with E-state index in [-0.39, 0.29) is 0 Å². The first-order chi connectivity index (χ1) is 11.2. The van der Waals surface area contributed by atoms with E-state index in [9.17, 15) is 0 Å². The van der Waals surface area contributed by atoms with Gasteiger partial charge in [0.25, 0.3) is 0 Å². The van der Waals surface area contributed by atoms with Crippen molar-refractivity contribution in [3.63, 3.8) is 0 Å². The summed E-state index contributed by atoms with van der Waals surface area (Å²) in [7, 11) is 0. The maximum absolute atomic E-state index is 5.48. The lowest BCUT2D eigenvalue weighted by atomic mass is 9.92. The third kappa shape index (κ3) is 4.79. The Kier molecular flexibility index (Phi) is 6.09. The van der Waals surface area contributed by atoms with E-state index in [4.69, 9.17) is 4.74 Å². The highest BCUT2D eigenvalue weighted by Gasteiger charge is 2.29. The van der Waals surface area contributed by atoms with Gasteiger partial charge in [0.2, 0.25) is 0 Å². The predicted octanol–water partition coefficient (Wildman–Crippen LogP) is 3.30. The fourth-order valence-corrected chi connectivity index (χ4v) is 4.14. The Morgan fingerprint density at radius 1 is 1.22 bits per heavy atom. The van der Waals surface area contributed by atoms with Gasteiger partial charge in [-0.05, 0) is 57.1 Å². The number of benzene rings is 1. The second-order valence-corrected chi connectivity index (χ2v) is 7.51. The Bertz CT molecular complexity index is 458. The lowest BCUT2D eigenvalue weighted by molar-refractivity contribution is 0.0555. The fraction of sp³-hybridized carbons (Fsp3) is 0.700. The Hall–Kier alpha value is -0.900. The van der Waals surface area contributed by atoms with Gasteiger partial charge >= 0.3 is 0 Å². The van der Waals surface area contributed by atoms with Crippen molar-refractivity contribution in [3.8, 4) is 0 Å². The highest BCUT2D eigenvalue weighted by atomic mass is 16.5. The predicted molar refractivity (Wildman–Crippen MR) is 95.4 cm³/mol. The third-order valence-corrected chi connectivity index (χ3v) is 5.72. The molecule has 23 heavy (non-hydrogen) atoms. The quantitative estimate of drug-likeness (QED) is 0.871. The summed E-state index contributed by atoms with van der Waals surface area (Å²) >= 11 is 0. The molecule has 3 nitrogen and oxygen atoms in total. The van der Waals surface area contributed by atoms with Crippen LogP contribution >= 0.6 is 0 Å². The fourth-order valence-electron chi connectivity index (χ4n) is 4.14. The van der Waals surface area contributed by atoms with Crippen molar-refractivity contribution in [3.05, 3.63) is 35.9 Å². The number of nitrogens with zero attached hydrogens (tertiary/aromatic N) is 1. The summed E-state index contributed by atoms with van der Waals surface area (Å²) in [5, 5.41) is 3.82. The van der Waals surface area contributed by atoms with E-state index >= 15 is 0 Å². The Balaban J connectivity index is 1.43. The minimum Gasteiger partial charge on any atom is -0.381 e. The average Bonchev–Trinajstić information content (AvgIpc) is 2.94. The second-order valence-electron chi connectivity index (χ2n) is 7.51.